The summed E-state index contributed by atoms with van der Waals surface area (Å²) in [5.41, 5.74) is 2.06. The number of hydrogen-bond donors (Lipinski definition) is 3. The number of alkyl halides is 2. The number of ether oxygens (including phenoxy) is 1. The van der Waals surface area contributed by atoms with Gasteiger partial charge in [-0.1, -0.05) is 30.3 Å². The Kier molecular flexibility index (Phi) is 8.88. The number of nitrogens with zero attached hydrogens (tertiary/aromatic N) is 1. The van der Waals surface area contributed by atoms with Gasteiger partial charge in [0.25, 0.3) is 5.91 Å². The molecular formula is C21H26F2N4O2. The standard InChI is InChI=1S/C21H26F2N4O2/c1-3-24-19(28)16-10-7-8-15(12-16)13-26-21(25-4-2)27-14-17-9-5-6-11-18(17)29-20(22)23/h5-12,20H,3-4,13-14H2,1-2H3,(H,24,28)(H2,25,26,27). The second-order valence-electron chi connectivity index (χ2n) is 6.09. The first-order valence-corrected chi connectivity index (χ1v) is 9.45. The van der Waals surface area contributed by atoms with Gasteiger partial charge < -0.3 is 20.7 Å². The number of carbonyl (C=O) groups excluding carboxylic acids is 1. The second kappa shape index (κ2) is 11.6. The summed E-state index contributed by atoms with van der Waals surface area (Å²) in [6.45, 7) is 2.75. The fourth-order valence-electron chi connectivity index (χ4n) is 2.63. The highest BCUT2D eigenvalue weighted by Gasteiger charge is 2.10. The second-order valence-corrected chi connectivity index (χ2v) is 6.09. The Morgan fingerprint density at radius 2 is 1.79 bits per heavy atom. The van der Waals surface area contributed by atoms with Crippen LogP contribution in [0.15, 0.2) is 53.5 Å². The third-order valence-electron chi connectivity index (χ3n) is 3.93. The van der Waals surface area contributed by atoms with Crippen LogP contribution in [0.1, 0.15) is 35.3 Å². The van der Waals surface area contributed by atoms with E-state index in [1.807, 2.05) is 26.0 Å². The molecule has 156 valence electrons. The number of carbonyl (C=O) groups is 1. The Bertz CT molecular complexity index is 828. The van der Waals surface area contributed by atoms with E-state index in [1.54, 1.807) is 30.3 Å². The van der Waals surface area contributed by atoms with Gasteiger partial charge in [-0.15, -0.1) is 0 Å². The SMILES string of the molecule is CCNC(=O)c1cccc(CN=C(NCC)NCc2ccccc2OC(F)F)c1. The van der Waals surface area contributed by atoms with E-state index in [2.05, 4.69) is 25.7 Å². The van der Waals surface area contributed by atoms with Gasteiger partial charge in [-0.2, -0.15) is 8.78 Å². The summed E-state index contributed by atoms with van der Waals surface area (Å²) in [4.78, 5) is 16.5. The van der Waals surface area contributed by atoms with Crippen LogP contribution in [0.4, 0.5) is 8.78 Å². The van der Waals surface area contributed by atoms with Crippen molar-refractivity contribution in [2.45, 2.75) is 33.5 Å². The Hall–Kier alpha value is -3.16. The molecule has 2 rings (SSSR count). The summed E-state index contributed by atoms with van der Waals surface area (Å²) >= 11 is 0. The zero-order valence-electron chi connectivity index (χ0n) is 16.5. The van der Waals surface area contributed by atoms with Crippen molar-refractivity contribution in [2.24, 2.45) is 4.99 Å². The molecule has 0 aliphatic heterocycles. The van der Waals surface area contributed by atoms with Gasteiger partial charge >= 0.3 is 6.61 Å². The summed E-state index contributed by atoms with van der Waals surface area (Å²) in [5, 5.41) is 8.99. The zero-order valence-corrected chi connectivity index (χ0v) is 16.5. The van der Waals surface area contributed by atoms with Gasteiger partial charge in [-0.05, 0) is 37.6 Å². The molecule has 0 atom stereocenters. The lowest BCUT2D eigenvalue weighted by Crippen LogP contribution is -2.36. The first kappa shape index (κ1) is 22.1. The summed E-state index contributed by atoms with van der Waals surface area (Å²) in [5.74, 6) is 0.530. The highest BCUT2D eigenvalue weighted by molar-refractivity contribution is 5.94. The maximum absolute atomic E-state index is 12.6. The smallest absolute Gasteiger partial charge is 0.387 e. The molecule has 0 radical (unpaired) electrons. The van der Waals surface area contributed by atoms with E-state index in [-0.39, 0.29) is 18.2 Å². The van der Waals surface area contributed by atoms with Gasteiger partial charge in [0.1, 0.15) is 5.75 Å². The van der Waals surface area contributed by atoms with E-state index in [0.29, 0.717) is 36.7 Å². The topological polar surface area (TPSA) is 74.8 Å². The molecule has 2 aromatic carbocycles. The van der Waals surface area contributed by atoms with Crippen LogP contribution in [0.5, 0.6) is 5.75 Å². The molecule has 0 saturated heterocycles. The molecule has 0 bridgehead atoms. The average Bonchev–Trinajstić information content (AvgIpc) is 2.71. The van der Waals surface area contributed by atoms with Crippen molar-refractivity contribution in [3.05, 3.63) is 65.2 Å². The predicted octanol–water partition coefficient (Wildman–Crippen LogP) is 3.29. The number of para-hydroxylation sites is 1. The van der Waals surface area contributed by atoms with Crippen molar-refractivity contribution in [1.82, 2.24) is 16.0 Å². The number of guanidine groups is 1. The minimum Gasteiger partial charge on any atom is -0.434 e. The number of nitrogens with one attached hydrogen (secondary N) is 3. The molecule has 3 N–H and O–H groups in total. The monoisotopic (exact) mass is 404 g/mol. The molecule has 6 nitrogen and oxygen atoms in total. The summed E-state index contributed by atoms with van der Waals surface area (Å²) in [6.07, 6.45) is 0. The summed E-state index contributed by atoms with van der Waals surface area (Å²) in [6, 6.07) is 13.9. The molecule has 1 amide bonds. The molecule has 29 heavy (non-hydrogen) atoms. The maximum atomic E-state index is 12.6. The summed E-state index contributed by atoms with van der Waals surface area (Å²) in [7, 11) is 0. The molecule has 0 aliphatic carbocycles. The molecule has 0 aliphatic rings. The van der Waals surface area contributed by atoms with Crippen LogP contribution in [-0.4, -0.2) is 31.6 Å². The van der Waals surface area contributed by atoms with Crippen LogP contribution in [0.2, 0.25) is 0 Å². The van der Waals surface area contributed by atoms with Gasteiger partial charge in [0.05, 0.1) is 6.54 Å². The van der Waals surface area contributed by atoms with Crippen molar-refractivity contribution in [2.75, 3.05) is 13.1 Å². The minimum absolute atomic E-state index is 0.125. The number of benzene rings is 2. The minimum atomic E-state index is -2.88. The first-order valence-electron chi connectivity index (χ1n) is 9.45. The van der Waals surface area contributed by atoms with Gasteiger partial charge in [-0.25, -0.2) is 4.99 Å². The maximum Gasteiger partial charge on any atom is 0.387 e. The van der Waals surface area contributed by atoms with Gasteiger partial charge in [-0.3, -0.25) is 4.79 Å². The molecule has 0 heterocycles. The van der Waals surface area contributed by atoms with Crippen LogP contribution >= 0.6 is 0 Å². The number of aliphatic imine (C=N–C) groups is 1. The largest absolute Gasteiger partial charge is 0.434 e. The predicted molar refractivity (Wildman–Crippen MR) is 109 cm³/mol. The van der Waals surface area contributed by atoms with E-state index in [4.69, 9.17) is 0 Å². The van der Waals surface area contributed by atoms with Gasteiger partial charge in [0.15, 0.2) is 5.96 Å². The molecule has 0 aromatic heterocycles. The third-order valence-corrected chi connectivity index (χ3v) is 3.93. The molecular weight excluding hydrogens is 378 g/mol. The number of amides is 1. The molecule has 0 fully saturated rings. The van der Waals surface area contributed by atoms with E-state index >= 15 is 0 Å². The van der Waals surface area contributed by atoms with Crippen molar-refractivity contribution >= 4 is 11.9 Å². The van der Waals surface area contributed by atoms with Crippen molar-refractivity contribution in [3.8, 4) is 5.75 Å². The van der Waals surface area contributed by atoms with Crippen LogP contribution in [-0.2, 0) is 13.1 Å². The average molecular weight is 404 g/mol. The third kappa shape index (κ3) is 7.40. The van der Waals surface area contributed by atoms with Crippen molar-refractivity contribution in [3.63, 3.8) is 0 Å². The van der Waals surface area contributed by atoms with E-state index in [1.165, 1.54) is 6.07 Å². The lowest BCUT2D eigenvalue weighted by atomic mass is 10.1. The highest BCUT2D eigenvalue weighted by Crippen LogP contribution is 2.19. The Balaban J connectivity index is 2.06. The van der Waals surface area contributed by atoms with Crippen LogP contribution in [0.3, 0.4) is 0 Å². The van der Waals surface area contributed by atoms with Crippen molar-refractivity contribution < 1.29 is 18.3 Å². The quantitative estimate of drug-likeness (QED) is 0.443. The van der Waals surface area contributed by atoms with Crippen LogP contribution in [0.25, 0.3) is 0 Å². The number of rotatable bonds is 9. The fraction of sp³-hybridized carbons (Fsp3) is 0.333. The molecule has 8 heteroatoms. The molecule has 2 aromatic rings. The highest BCUT2D eigenvalue weighted by atomic mass is 19.3. The van der Waals surface area contributed by atoms with E-state index in [9.17, 15) is 13.6 Å². The Morgan fingerprint density at radius 3 is 2.52 bits per heavy atom. The molecule has 0 unspecified atom stereocenters. The Labute approximate surface area is 169 Å². The van der Waals surface area contributed by atoms with E-state index in [0.717, 1.165) is 5.56 Å². The first-order chi connectivity index (χ1) is 14.0. The van der Waals surface area contributed by atoms with Gasteiger partial charge in [0.2, 0.25) is 0 Å². The lowest BCUT2D eigenvalue weighted by molar-refractivity contribution is -0.0504. The summed E-state index contributed by atoms with van der Waals surface area (Å²) < 4.78 is 29.7. The molecule has 0 spiro atoms. The number of halogens is 2. The Morgan fingerprint density at radius 1 is 1.03 bits per heavy atom. The number of hydrogen-bond acceptors (Lipinski definition) is 3. The van der Waals surface area contributed by atoms with E-state index < -0.39 is 6.61 Å². The van der Waals surface area contributed by atoms with Crippen LogP contribution < -0.4 is 20.7 Å². The van der Waals surface area contributed by atoms with Crippen LogP contribution in [0, 0.1) is 0 Å². The molecule has 0 saturated carbocycles. The zero-order chi connectivity index (χ0) is 21.1. The van der Waals surface area contributed by atoms with Gasteiger partial charge in [0, 0.05) is 30.8 Å². The lowest BCUT2D eigenvalue weighted by Gasteiger charge is -2.14. The fourth-order valence-corrected chi connectivity index (χ4v) is 2.63. The normalized spacial score (nSPS) is 11.3. The van der Waals surface area contributed by atoms with Crippen molar-refractivity contribution in [1.29, 1.82) is 0 Å².